The van der Waals surface area contributed by atoms with Crippen LogP contribution in [-0.4, -0.2) is 35.3 Å². The van der Waals surface area contributed by atoms with Gasteiger partial charge >= 0.3 is 6.03 Å². The monoisotopic (exact) mass is 331 g/mol. The average molecular weight is 331 g/mol. The van der Waals surface area contributed by atoms with Crippen LogP contribution in [0.25, 0.3) is 0 Å². The van der Waals surface area contributed by atoms with Crippen molar-refractivity contribution in [3.8, 4) is 11.5 Å². The summed E-state index contributed by atoms with van der Waals surface area (Å²) >= 11 is 0. The van der Waals surface area contributed by atoms with E-state index in [-0.39, 0.29) is 6.03 Å². The quantitative estimate of drug-likeness (QED) is 0.914. The molecule has 128 valence electrons. The molecule has 0 bridgehead atoms. The molecule has 0 radical (unpaired) electrons. The molecule has 1 aliphatic rings. The summed E-state index contributed by atoms with van der Waals surface area (Å²) in [5.74, 6) is 1.88. The van der Waals surface area contributed by atoms with Gasteiger partial charge in [-0.3, -0.25) is 5.32 Å². The van der Waals surface area contributed by atoms with Gasteiger partial charge in [0, 0.05) is 17.2 Å². The van der Waals surface area contributed by atoms with Crippen molar-refractivity contribution in [2.24, 2.45) is 0 Å². The fraction of sp³-hybridized carbons (Fsp3) is 0.412. The van der Waals surface area contributed by atoms with Crippen molar-refractivity contribution < 1.29 is 18.8 Å². The van der Waals surface area contributed by atoms with Crippen LogP contribution in [0.2, 0.25) is 0 Å². The molecule has 1 aromatic heterocycles. The first kappa shape index (κ1) is 16.2. The van der Waals surface area contributed by atoms with Crippen molar-refractivity contribution in [2.45, 2.75) is 32.9 Å². The van der Waals surface area contributed by atoms with E-state index in [9.17, 15) is 4.79 Å². The second kappa shape index (κ2) is 6.07. The van der Waals surface area contributed by atoms with Crippen LogP contribution in [-0.2, 0) is 6.54 Å². The van der Waals surface area contributed by atoms with Gasteiger partial charge in [0.1, 0.15) is 23.4 Å². The Morgan fingerprint density at radius 2 is 2.21 bits per heavy atom. The van der Waals surface area contributed by atoms with E-state index in [1.165, 1.54) is 6.26 Å². The molecule has 7 heteroatoms. The van der Waals surface area contributed by atoms with E-state index in [2.05, 4.69) is 10.5 Å². The van der Waals surface area contributed by atoms with Crippen molar-refractivity contribution >= 4 is 11.8 Å². The van der Waals surface area contributed by atoms with Crippen LogP contribution in [0, 0.1) is 6.92 Å². The van der Waals surface area contributed by atoms with Gasteiger partial charge in [-0.2, -0.15) is 0 Å². The van der Waals surface area contributed by atoms with E-state index in [1.807, 2.05) is 39.0 Å². The number of hydrogen-bond acceptors (Lipinski definition) is 5. The third-order valence-corrected chi connectivity index (χ3v) is 3.85. The lowest BCUT2D eigenvalue weighted by atomic mass is 10.1. The lowest BCUT2D eigenvalue weighted by molar-refractivity contribution is 0.0832. The minimum absolute atomic E-state index is 0.243. The number of rotatable bonds is 2. The molecule has 0 saturated heterocycles. The molecule has 3 rings (SSSR count). The van der Waals surface area contributed by atoms with Crippen molar-refractivity contribution in [3.63, 3.8) is 0 Å². The van der Waals surface area contributed by atoms with Crippen LogP contribution in [0.5, 0.6) is 11.5 Å². The molecule has 0 unspecified atom stereocenters. The van der Waals surface area contributed by atoms with Gasteiger partial charge < -0.3 is 18.9 Å². The number of fused-ring (bicyclic) bond motifs is 1. The predicted molar refractivity (Wildman–Crippen MR) is 88.4 cm³/mol. The molecule has 0 saturated carbocycles. The Bertz CT molecular complexity index is 754. The Hall–Kier alpha value is -2.70. The van der Waals surface area contributed by atoms with Crippen molar-refractivity contribution in [1.29, 1.82) is 0 Å². The summed E-state index contributed by atoms with van der Waals surface area (Å²) in [5.41, 5.74) is 1.17. The van der Waals surface area contributed by atoms with Crippen molar-refractivity contribution in [2.75, 3.05) is 19.0 Å². The Morgan fingerprint density at radius 3 is 2.88 bits per heavy atom. The molecule has 2 heterocycles. The van der Waals surface area contributed by atoms with Gasteiger partial charge in [-0.1, -0.05) is 5.16 Å². The maximum atomic E-state index is 12.6. The largest absolute Gasteiger partial charge is 0.497 e. The number of nitrogens with zero attached hydrogens (tertiary/aromatic N) is 2. The number of methoxy groups -OCH3 is 1. The number of carbonyl (C=O) groups excluding carboxylic acids is 1. The standard InChI is InChI=1S/C17H21N3O4/c1-11-9-23-19-15(11)18-16(21)20-8-12-5-6-13(22-4)7-14(12)24-17(2,3)10-20/h5-7,9H,8,10H2,1-4H3,(H,18,19,21). The predicted octanol–water partition coefficient (Wildman–Crippen LogP) is 3.20. The van der Waals surface area contributed by atoms with Crippen molar-refractivity contribution in [3.05, 3.63) is 35.6 Å². The highest BCUT2D eigenvalue weighted by atomic mass is 16.5. The highest BCUT2D eigenvalue weighted by Crippen LogP contribution is 2.32. The van der Waals surface area contributed by atoms with Crippen LogP contribution in [0.3, 0.4) is 0 Å². The molecule has 0 atom stereocenters. The van der Waals surface area contributed by atoms with Gasteiger partial charge in [-0.05, 0) is 32.9 Å². The summed E-state index contributed by atoms with van der Waals surface area (Å²) < 4.78 is 16.2. The van der Waals surface area contributed by atoms with Crippen molar-refractivity contribution in [1.82, 2.24) is 10.1 Å². The minimum atomic E-state index is -0.534. The van der Waals surface area contributed by atoms with Crippen LogP contribution in [0.4, 0.5) is 10.6 Å². The van der Waals surface area contributed by atoms with Crippen LogP contribution in [0.1, 0.15) is 25.0 Å². The Morgan fingerprint density at radius 1 is 1.42 bits per heavy atom. The molecular formula is C17H21N3O4. The number of anilines is 1. The summed E-state index contributed by atoms with van der Waals surface area (Å²) in [7, 11) is 1.61. The number of aromatic nitrogens is 1. The van der Waals surface area contributed by atoms with Gasteiger partial charge in [0.2, 0.25) is 0 Å². The molecule has 1 aromatic carbocycles. The number of benzene rings is 1. The minimum Gasteiger partial charge on any atom is -0.497 e. The lowest BCUT2D eigenvalue weighted by Crippen LogP contribution is -2.44. The molecule has 1 N–H and O–H groups in total. The summed E-state index contributed by atoms with van der Waals surface area (Å²) in [6, 6.07) is 5.38. The number of carbonyl (C=O) groups is 1. The smallest absolute Gasteiger partial charge is 0.323 e. The second-order valence-corrected chi connectivity index (χ2v) is 6.47. The molecule has 1 aliphatic heterocycles. The number of aryl methyl sites for hydroxylation is 1. The molecule has 0 aliphatic carbocycles. The second-order valence-electron chi connectivity index (χ2n) is 6.47. The summed E-state index contributed by atoms with van der Waals surface area (Å²) in [6.45, 7) is 6.59. The van der Waals surface area contributed by atoms with E-state index in [4.69, 9.17) is 14.0 Å². The van der Waals surface area contributed by atoms with E-state index < -0.39 is 5.60 Å². The topological polar surface area (TPSA) is 76.8 Å². The zero-order valence-corrected chi connectivity index (χ0v) is 14.3. The maximum Gasteiger partial charge on any atom is 0.323 e. The summed E-state index contributed by atoms with van der Waals surface area (Å²) in [6.07, 6.45) is 1.49. The number of ether oxygens (including phenoxy) is 2. The molecule has 24 heavy (non-hydrogen) atoms. The van der Waals surface area contributed by atoms with Gasteiger partial charge in [-0.25, -0.2) is 4.79 Å². The Balaban J connectivity index is 1.86. The van der Waals surface area contributed by atoms with E-state index in [1.54, 1.807) is 12.0 Å². The van der Waals surface area contributed by atoms with Crippen LogP contribution >= 0.6 is 0 Å². The molecule has 0 fully saturated rings. The Kier molecular flexibility index (Phi) is 4.09. The first-order chi connectivity index (χ1) is 11.4. The zero-order chi connectivity index (χ0) is 17.3. The summed E-state index contributed by atoms with van der Waals surface area (Å²) in [5, 5.41) is 6.58. The first-order valence-electron chi connectivity index (χ1n) is 7.71. The van der Waals surface area contributed by atoms with Gasteiger partial charge in [0.05, 0.1) is 20.2 Å². The fourth-order valence-electron chi connectivity index (χ4n) is 2.67. The van der Waals surface area contributed by atoms with E-state index >= 15 is 0 Å². The maximum absolute atomic E-state index is 12.6. The van der Waals surface area contributed by atoms with Gasteiger partial charge in [0.15, 0.2) is 5.82 Å². The molecule has 7 nitrogen and oxygen atoms in total. The van der Waals surface area contributed by atoms with Gasteiger partial charge in [-0.15, -0.1) is 0 Å². The highest BCUT2D eigenvalue weighted by molar-refractivity contribution is 5.89. The Labute approximate surface area is 140 Å². The van der Waals surface area contributed by atoms with E-state index in [0.717, 1.165) is 22.6 Å². The SMILES string of the molecule is COc1ccc2c(c1)OC(C)(C)CN(C(=O)Nc1nocc1C)C2. The third-order valence-electron chi connectivity index (χ3n) is 3.85. The molecule has 2 amide bonds. The molecular weight excluding hydrogens is 310 g/mol. The van der Waals surface area contributed by atoms with Gasteiger partial charge in [0.25, 0.3) is 0 Å². The number of hydrogen-bond donors (Lipinski definition) is 1. The number of amides is 2. The normalized spacial score (nSPS) is 15.9. The molecule has 0 spiro atoms. The highest BCUT2D eigenvalue weighted by Gasteiger charge is 2.32. The lowest BCUT2D eigenvalue weighted by Gasteiger charge is -2.29. The number of urea groups is 1. The fourth-order valence-corrected chi connectivity index (χ4v) is 2.67. The van der Waals surface area contributed by atoms with E-state index in [0.29, 0.717) is 18.9 Å². The number of nitrogens with one attached hydrogen (secondary N) is 1. The van der Waals surface area contributed by atoms with Crippen LogP contribution < -0.4 is 14.8 Å². The summed E-state index contributed by atoms with van der Waals surface area (Å²) in [4.78, 5) is 14.3. The molecule has 2 aromatic rings. The first-order valence-corrected chi connectivity index (χ1v) is 7.71. The third kappa shape index (κ3) is 3.29. The average Bonchev–Trinajstić information content (AvgIpc) is 2.86. The van der Waals surface area contributed by atoms with Crippen LogP contribution in [0.15, 0.2) is 29.0 Å². The zero-order valence-electron chi connectivity index (χ0n) is 14.3.